The molecule has 17 heavy (non-hydrogen) atoms. The van der Waals surface area contributed by atoms with Crippen molar-refractivity contribution >= 4 is 17.2 Å². The molecular weight excluding hydrogens is 214 g/mol. The minimum Gasteiger partial charge on any atom is -0.311 e. The molecule has 0 aliphatic carbocycles. The van der Waals surface area contributed by atoms with Crippen LogP contribution in [0.25, 0.3) is 5.57 Å². The second kappa shape index (κ2) is 3.77. The van der Waals surface area contributed by atoms with Gasteiger partial charge in [0.2, 0.25) is 0 Å². The van der Waals surface area contributed by atoms with Crippen molar-refractivity contribution in [1.82, 2.24) is 0 Å². The number of nitrogens with zero attached hydrogens (tertiary/aromatic N) is 3. The number of amides is 1. The number of hydrogen-bond donors (Lipinski definition) is 0. The van der Waals surface area contributed by atoms with Crippen molar-refractivity contribution in [3.8, 4) is 12.1 Å². The minimum atomic E-state index is -0.302. The summed E-state index contributed by atoms with van der Waals surface area (Å²) in [6.07, 6.45) is 0. The Bertz CT molecular complexity index is 613. The van der Waals surface area contributed by atoms with E-state index in [0.29, 0.717) is 5.56 Å². The molecule has 1 aliphatic heterocycles. The van der Waals surface area contributed by atoms with Gasteiger partial charge in [-0.3, -0.25) is 4.79 Å². The topological polar surface area (TPSA) is 67.9 Å². The quantitative estimate of drug-likeness (QED) is 0.497. The van der Waals surface area contributed by atoms with Crippen LogP contribution >= 0.6 is 0 Å². The third kappa shape index (κ3) is 1.47. The van der Waals surface area contributed by atoms with Crippen LogP contribution in [0.5, 0.6) is 0 Å². The zero-order valence-corrected chi connectivity index (χ0v) is 9.48. The smallest absolute Gasteiger partial charge is 0.260 e. The molecule has 1 aromatic rings. The van der Waals surface area contributed by atoms with Gasteiger partial charge >= 0.3 is 0 Å². The second-order valence-corrected chi connectivity index (χ2v) is 3.86. The van der Waals surface area contributed by atoms with E-state index in [-0.39, 0.29) is 17.1 Å². The van der Waals surface area contributed by atoms with E-state index in [1.165, 1.54) is 4.90 Å². The van der Waals surface area contributed by atoms with E-state index in [1.807, 2.05) is 25.1 Å². The lowest BCUT2D eigenvalue weighted by Crippen LogP contribution is -2.20. The second-order valence-electron chi connectivity index (χ2n) is 3.86. The summed E-state index contributed by atoms with van der Waals surface area (Å²) in [5.41, 5.74) is 2.45. The van der Waals surface area contributed by atoms with E-state index in [4.69, 9.17) is 10.5 Å². The maximum Gasteiger partial charge on any atom is 0.260 e. The summed E-state index contributed by atoms with van der Waals surface area (Å²) in [6.45, 7) is 1.90. The van der Waals surface area contributed by atoms with Crippen LogP contribution in [-0.4, -0.2) is 13.0 Å². The molecule has 0 unspecified atom stereocenters. The molecule has 82 valence electrons. The standard InChI is InChI=1S/C13H9N3O/c1-8-3-4-11-10(5-8)12(9(6-14)7-15)13(17)16(11)2/h3-5H,1-2H3. The first kappa shape index (κ1) is 10.9. The fourth-order valence-corrected chi connectivity index (χ4v) is 1.91. The number of fused-ring (bicyclic) bond motifs is 1. The summed E-state index contributed by atoms with van der Waals surface area (Å²) in [6, 6.07) is 9.09. The molecule has 0 saturated carbocycles. The van der Waals surface area contributed by atoms with Crippen molar-refractivity contribution in [2.24, 2.45) is 0 Å². The van der Waals surface area contributed by atoms with Gasteiger partial charge in [0.05, 0.1) is 11.3 Å². The monoisotopic (exact) mass is 223 g/mol. The van der Waals surface area contributed by atoms with Crippen LogP contribution in [0.2, 0.25) is 0 Å². The Morgan fingerprint density at radius 3 is 2.53 bits per heavy atom. The minimum absolute atomic E-state index is 0.133. The molecule has 0 aromatic heterocycles. The molecule has 4 nitrogen and oxygen atoms in total. The molecule has 0 radical (unpaired) electrons. The number of anilines is 1. The van der Waals surface area contributed by atoms with Gasteiger partial charge in [-0.1, -0.05) is 11.6 Å². The van der Waals surface area contributed by atoms with Crippen LogP contribution in [0.15, 0.2) is 23.8 Å². The number of hydrogen-bond acceptors (Lipinski definition) is 3. The third-order valence-electron chi connectivity index (χ3n) is 2.77. The number of aryl methyl sites for hydroxylation is 1. The van der Waals surface area contributed by atoms with Crippen LogP contribution in [0, 0.1) is 29.6 Å². The lowest BCUT2D eigenvalue weighted by atomic mass is 10.0. The summed E-state index contributed by atoms with van der Waals surface area (Å²) in [4.78, 5) is 13.5. The van der Waals surface area contributed by atoms with Crippen molar-refractivity contribution in [1.29, 1.82) is 10.5 Å². The van der Waals surface area contributed by atoms with Gasteiger partial charge in [0.15, 0.2) is 0 Å². The van der Waals surface area contributed by atoms with Gasteiger partial charge in [-0.25, -0.2) is 0 Å². The summed E-state index contributed by atoms with van der Waals surface area (Å²) >= 11 is 0. The summed E-state index contributed by atoms with van der Waals surface area (Å²) in [7, 11) is 1.63. The zero-order chi connectivity index (χ0) is 12.6. The Morgan fingerprint density at radius 2 is 1.94 bits per heavy atom. The van der Waals surface area contributed by atoms with Gasteiger partial charge < -0.3 is 4.90 Å². The van der Waals surface area contributed by atoms with Gasteiger partial charge in [0, 0.05) is 12.6 Å². The SMILES string of the molecule is Cc1ccc2c(c1)C(=C(C#N)C#N)C(=O)N2C. The number of nitriles is 2. The Kier molecular flexibility index (Phi) is 2.42. The van der Waals surface area contributed by atoms with Crippen molar-refractivity contribution in [2.45, 2.75) is 6.92 Å². The van der Waals surface area contributed by atoms with E-state index in [1.54, 1.807) is 19.2 Å². The highest BCUT2D eigenvalue weighted by Crippen LogP contribution is 2.37. The highest BCUT2D eigenvalue weighted by atomic mass is 16.2. The van der Waals surface area contributed by atoms with Crippen molar-refractivity contribution in [3.63, 3.8) is 0 Å². The van der Waals surface area contributed by atoms with E-state index in [9.17, 15) is 4.79 Å². The number of likely N-dealkylation sites (N-methyl/N-ethyl adjacent to an activating group) is 1. The summed E-state index contributed by atoms with van der Waals surface area (Å²) in [5, 5.41) is 17.8. The van der Waals surface area contributed by atoms with E-state index < -0.39 is 0 Å². The van der Waals surface area contributed by atoms with Gasteiger partial charge in [-0.05, 0) is 19.1 Å². The molecule has 0 bridgehead atoms. The first-order chi connectivity index (χ1) is 8.10. The first-order valence-electron chi connectivity index (χ1n) is 5.03. The Labute approximate surface area is 99.0 Å². The number of allylic oxidation sites excluding steroid dienone is 1. The fraction of sp³-hybridized carbons (Fsp3) is 0.154. The van der Waals surface area contributed by atoms with E-state index in [2.05, 4.69) is 0 Å². The molecule has 1 amide bonds. The number of rotatable bonds is 0. The Hall–Kier alpha value is -2.59. The maximum absolute atomic E-state index is 12.0. The molecule has 4 heteroatoms. The average molecular weight is 223 g/mol. The fourth-order valence-electron chi connectivity index (χ4n) is 1.91. The highest BCUT2D eigenvalue weighted by molar-refractivity contribution is 6.34. The predicted molar refractivity (Wildman–Crippen MR) is 62.7 cm³/mol. The van der Waals surface area contributed by atoms with Crippen LogP contribution in [0.1, 0.15) is 11.1 Å². The summed E-state index contributed by atoms with van der Waals surface area (Å²) < 4.78 is 0. The third-order valence-corrected chi connectivity index (χ3v) is 2.77. The molecule has 0 N–H and O–H groups in total. The lowest BCUT2D eigenvalue weighted by molar-refractivity contribution is -0.112. The van der Waals surface area contributed by atoms with Gasteiger partial charge in [0.1, 0.15) is 17.7 Å². The van der Waals surface area contributed by atoms with Crippen molar-refractivity contribution in [2.75, 3.05) is 11.9 Å². The Balaban J connectivity index is 2.81. The van der Waals surface area contributed by atoms with Crippen LogP contribution in [0.4, 0.5) is 5.69 Å². The van der Waals surface area contributed by atoms with E-state index >= 15 is 0 Å². The van der Waals surface area contributed by atoms with Crippen LogP contribution < -0.4 is 4.90 Å². The van der Waals surface area contributed by atoms with Crippen LogP contribution in [0.3, 0.4) is 0 Å². The van der Waals surface area contributed by atoms with Gasteiger partial charge in [-0.2, -0.15) is 10.5 Å². The number of carbonyl (C=O) groups is 1. The number of carbonyl (C=O) groups excluding carboxylic acids is 1. The predicted octanol–water partition coefficient (Wildman–Crippen LogP) is 1.77. The van der Waals surface area contributed by atoms with Gasteiger partial charge in [-0.15, -0.1) is 0 Å². The Morgan fingerprint density at radius 1 is 1.29 bits per heavy atom. The molecule has 2 rings (SSSR count). The zero-order valence-electron chi connectivity index (χ0n) is 9.48. The molecule has 0 atom stereocenters. The lowest BCUT2D eigenvalue weighted by Gasteiger charge is -2.08. The molecule has 0 saturated heterocycles. The molecule has 1 aromatic carbocycles. The van der Waals surface area contributed by atoms with Crippen molar-refractivity contribution in [3.05, 3.63) is 34.9 Å². The van der Waals surface area contributed by atoms with Crippen LogP contribution in [-0.2, 0) is 4.79 Å². The maximum atomic E-state index is 12.0. The number of benzene rings is 1. The molecular formula is C13H9N3O. The normalized spacial score (nSPS) is 13.1. The van der Waals surface area contributed by atoms with E-state index in [0.717, 1.165) is 11.3 Å². The van der Waals surface area contributed by atoms with Gasteiger partial charge in [0.25, 0.3) is 5.91 Å². The molecule has 0 spiro atoms. The molecule has 1 aliphatic rings. The van der Waals surface area contributed by atoms with Crippen molar-refractivity contribution < 1.29 is 4.79 Å². The largest absolute Gasteiger partial charge is 0.311 e. The molecule has 0 fully saturated rings. The summed E-state index contributed by atoms with van der Waals surface area (Å²) in [5.74, 6) is -0.302. The highest BCUT2D eigenvalue weighted by Gasteiger charge is 2.32. The first-order valence-corrected chi connectivity index (χ1v) is 5.03. The molecule has 1 heterocycles. The average Bonchev–Trinajstić information content (AvgIpc) is 2.56.